The van der Waals surface area contributed by atoms with Crippen molar-refractivity contribution < 1.29 is 18.8 Å². The largest absolute Gasteiger partial charge is 0.537 e. The number of ether oxygens (including phenoxy) is 1. The second kappa shape index (κ2) is 3.92. The highest BCUT2D eigenvalue weighted by Crippen LogP contribution is 2.19. The van der Waals surface area contributed by atoms with E-state index in [1.807, 2.05) is 0 Å². The fraction of sp³-hybridized carbons (Fsp3) is 0.167. The molecule has 0 atom stereocenters. The van der Waals surface area contributed by atoms with Crippen LogP contribution in [0.5, 0.6) is 11.6 Å². The highest BCUT2D eigenvalue weighted by Gasteiger charge is 2.05. The fourth-order valence-corrected chi connectivity index (χ4v) is 0.694. The normalized spacial score (nSPS) is 9.25. The Morgan fingerprint density at radius 1 is 1.67 bits per heavy atom. The van der Waals surface area contributed by atoms with Gasteiger partial charge in [-0.25, -0.2) is 9.37 Å². The van der Waals surface area contributed by atoms with E-state index in [0.29, 0.717) is 0 Å². The van der Waals surface area contributed by atoms with Gasteiger partial charge < -0.3 is 14.4 Å². The summed E-state index contributed by atoms with van der Waals surface area (Å²) in [5.41, 5.74) is 0. The Bertz CT molecular complexity index is 271. The first kappa shape index (κ1) is 8.80. The number of rotatable bonds is 3. The summed E-state index contributed by atoms with van der Waals surface area (Å²) >= 11 is 0. The molecule has 0 radical (unpaired) electrons. The van der Waals surface area contributed by atoms with Gasteiger partial charge in [0.1, 0.15) is 5.75 Å². The summed E-state index contributed by atoms with van der Waals surface area (Å²) in [5.74, 6) is -0.478. The van der Waals surface area contributed by atoms with E-state index >= 15 is 0 Å². The Morgan fingerprint density at radius 2 is 2.42 bits per heavy atom. The molecule has 4 nitrogen and oxygen atoms in total. The van der Waals surface area contributed by atoms with Crippen molar-refractivity contribution in [3.63, 3.8) is 0 Å². The molecular formula is C6H7BFNO3. The number of hydrogen-bond acceptors (Lipinski definition) is 4. The van der Waals surface area contributed by atoms with Gasteiger partial charge in [0.05, 0.1) is 13.3 Å². The van der Waals surface area contributed by atoms with Crippen LogP contribution < -0.4 is 9.39 Å². The van der Waals surface area contributed by atoms with E-state index in [1.54, 1.807) is 0 Å². The summed E-state index contributed by atoms with van der Waals surface area (Å²) < 4.78 is 22.0. The highest BCUT2D eigenvalue weighted by molar-refractivity contribution is 6.17. The highest BCUT2D eigenvalue weighted by atomic mass is 19.1. The Labute approximate surface area is 69.3 Å². The lowest BCUT2D eigenvalue weighted by Crippen LogP contribution is -2.02. The third-order valence-electron chi connectivity index (χ3n) is 1.22. The van der Waals surface area contributed by atoms with Crippen LogP contribution in [0.2, 0.25) is 0 Å². The zero-order chi connectivity index (χ0) is 8.97. The molecule has 0 saturated carbocycles. The van der Waals surface area contributed by atoms with Gasteiger partial charge in [0.25, 0.3) is 0 Å². The molecule has 12 heavy (non-hydrogen) atoms. The maximum absolute atomic E-state index is 12.7. The molecule has 1 N–H and O–H groups in total. The van der Waals surface area contributed by atoms with Crippen LogP contribution >= 0.6 is 0 Å². The molecule has 1 rings (SSSR count). The van der Waals surface area contributed by atoms with Gasteiger partial charge >= 0.3 is 7.69 Å². The predicted molar refractivity (Wildman–Crippen MR) is 40.7 cm³/mol. The van der Waals surface area contributed by atoms with Gasteiger partial charge in [0.2, 0.25) is 5.88 Å². The van der Waals surface area contributed by atoms with Crippen LogP contribution in [0.25, 0.3) is 0 Å². The lowest BCUT2D eigenvalue weighted by molar-refractivity contribution is 0.385. The number of aromatic nitrogens is 1. The van der Waals surface area contributed by atoms with Gasteiger partial charge in [-0.3, -0.25) is 0 Å². The van der Waals surface area contributed by atoms with E-state index in [0.717, 1.165) is 6.20 Å². The van der Waals surface area contributed by atoms with E-state index in [1.165, 1.54) is 13.2 Å². The van der Waals surface area contributed by atoms with E-state index in [4.69, 9.17) is 9.76 Å². The Hall–Kier alpha value is -1.30. The molecule has 0 unspecified atom stereocenters. The van der Waals surface area contributed by atoms with Gasteiger partial charge in [-0.1, -0.05) is 0 Å². The predicted octanol–water partition coefficient (Wildman–Crippen LogP) is -0.133. The van der Waals surface area contributed by atoms with Crippen LogP contribution in [-0.2, 0) is 0 Å². The molecule has 64 valence electrons. The van der Waals surface area contributed by atoms with Gasteiger partial charge in [0, 0.05) is 6.07 Å². The van der Waals surface area contributed by atoms with Crippen molar-refractivity contribution in [2.75, 3.05) is 7.11 Å². The number of halogens is 1. The van der Waals surface area contributed by atoms with Crippen LogP contribution in [-0.4, -0.2) is 24.8 Å². The maximum atomic E-state index is 12.7. The van der Waals surface area contributed by atoms with Crippen molar-refractivity contribution >= 4 is 7.69 Å². The number of hydrogen-bond donors (Lipinski definition) is 1. The summed E-state index contributed by atoms with van der Waals surface area (Å²) in [6.45, 7) is 0. The van der Waals surface area contributed by atoms with Crippen molar-refractivity contribution in [2.24, 2.45) is 0 Å². The Balaban J connectivity index is 2.91. The zero-order valence-corrected chi connectivity index (χ0v) is 6.45. The van der Waals surface area contributed by atoms with Crippen molar-refractivity contribution in [1.29, 1.82) is 0 Å². The van der Waals surface area contributed by atoms with E-state index in [-0.39, 0.29) is 11.6 Å². The maximum Gasteiger partial charge on any atom is 0.504 e. The SMILES string of the molecule is COc1cc(OBO)c(F)cn1. The van der Waals surface area contributed by atoms with Crippen molar-refractivity contribution in [3.05, 3.63) is 18.1 Å². The summed E-state index contributed by atoms with van der Waals surface area (Å²) in [5, 5.41) is 8.36. The lowest BCUT2D eigenvalue weighted by Gasteiger charge is -2.04. The van der Waals surface area contributed by atoms with Crippen LogP contribution in [0.3, 0.4) is 0 Å². The molecule has 0 spiro atoms. The van der Waals surface area contributed by atoms with Crippen LogP contribution in [0.15, 0.2) is 12.3 Å². The minimum atomic E-state index is -0.634. The standard InChI is InChI=1S/C6H7BFNO3/c1-11-6-2-5(12-7-10)4(8)3-9-6/h2-3,7,10H,1H3. The van der Waals surface area contributed by atoms with Gasteiger partial charge in [0.15, 0.2) is 5.82 Å². The summed E-state index contributed by atoms with van der Waals surface area (Å²) in [7, 11) is 0.826. The monoisotopic (exact) mass is 171 g/mol. The molecule has 0 amide bonds. The second-order valence-corrected chi connectivity index (χ2v) is 1.93. The topological polar surface area (TPSA) is 51.6 Å². The first-order valence-corrected chi connectivity index (χ1v) is 3.21. The van der Waals surface area contributed by atoms with Gasteiger partial charge in [-0.15, -0.1) is 0 Å². The lowest BCUT2D eigenvalue weighted by atomic mass is 10.3. The molecule has 0 aromatic carbocycles. The van der Waals surface area contributed by atoms with Crippen LogP contribution in [0.4, 0.5) is 4.39 Å². The summed E-state index contributed by atoms with van der Waals surface area (Å²) in [6, 6.07) is 1.26. The Kier molecular flexibility index (Phi) is 2.87. The molecule has 0 aliphatic rings. The molecular weight excluding hydrogens is 164 g/mol. The minimum absolute atomic E-state index is 0.0793. The Morgan fingerprint density at radius 3 is 3.00 bits per heavy atom. The molecule has 1 aromatic heterocycles. The third kappa shape index (κ3) is 1.85. The molecule has 6 heteroatoms. The van der Waals surface area contributed by atoms with E-state index in [2.05, 4.69) is 9.64 Å². The van der Waals surface area contributed by atoms with Gasteiger partial charge in [-0.05, 0) is 0 Å². The van der Waals surface area contributed by atoms with E-state index < -0.39 is 13.5 Å². The molecule has 0 aliphatic carbocycles. The van der Waals surface area contributed by atoms with E-state index in [9.17, 15) is 4.39 Å². The first-order chi connectivity index (χ1) is 5.77. The molecule has 0 aliphatic heterocycles. The van der Waals surface area contributed by atoms with Gasteiger partial charge in [-0.2, -0.15) is 0 Å². The van der Waals surface area contributed by atoms with Crippen molar-refractivity contribution in [1.82, 2.24) is 4.98 Å². The smallest absolute Gasteiger partial charge is 0.504 e. The zero-order valence-electron chi connectivity index (χ0n) is 6.45. The molecule has 0 saturated heterocycles. The second-order valence-electron chi connectivity index (χ2n) is 1.93. The molecule has 0 fully saturated rings. The molecule has 1 aromatic rings. The summed E-state index contributed by atoms with van der Waals surface area (Å²) in [4.78, 5) is 3.58. The first-order valence-electron chi connectivity index (χ1n) is 3.21. The van der Waals surface area contributed by atoms with Crippen LogP contribution in [0, 0.1) is 5.82 Å². The number of methoxy groups -OCH3 is 1. The molecule has 0 bridgehead atoms. The van der Waals surface area contributed by atoms with Crippen molar-refractivity contribution in [2.45, 2.75) is 0 Å². The number of pyridine rings is 1. The number of nitrogens with zero attached hydrogens (tertiary/aromatic N) is 1. The minimum Gasteiger partial charge on any atom is -0.537 e. The average Bonchev–Trinajstić information content (AvgIpc) is 2.09. The quantitative estimate of drug-likeness (QED) is 0.643. The average molecular weight is 171 g/mol. The third-order valence-corrected chi connectivity index (χ3v) is 1.22. The fourth-order valence-electron chi connectivity index (χ4n) is 0.694. The van der Waals surface area contributed by atoms with Crippen LogP contribution in [0.1, 0.15) is 0 Å². The molecule has 1 heterocycles. The van der Waals surface area contributed by atoms with Crippen molar-refractivity contribution in [3.8, 4) is 11.6 Å². The summed E-state index contributed by atoms with van der Waals surface area (Å²) in [6.07, 6.45) is 0.962.